The van der Waals surface area contributed by atoms with E-state index in [0.29, 0.717) is 5.69 Å². The van der Waals surface area contributed by atoms with Crippen molar-refractivity contribution in [3.63, 3.8) is 0 Å². The number of para-hydroxylation sites is 1. The molecule has 1 aromatic carbocycles. The van der Waals surface area contributed by atoms with Crippen molar-refractivity contribution >= 4 is 0 Å². The molecule has 19 heavy (non-hydrogen) atoms. The molecule has 92 valence electrons. The molecule has 2 heterocycles. The van der Waals surface area contributed by atoms with Crippen molar-refractivity contribution in [2.75, 3.05) is 0 Å². The lowest BCUT2D eigenvalue weighted by atomic mass is 10.2. The summed E-state index contributed by atoms with van der Waals surface area (Å²) in [7, 11) is 0. The van der Waals surface area contributed by atoms with Crippen molar-refractivity contribution in [1.29, 1.82) is 0 Å². The van der Waals surface area contributed by atoms with Crippen LogP contribution in [0.2, 0.25) is 0 Å². The second-order valence-electron chi connectivity index (χ2n) is 4.02. The molecule has 0 bridgehead atoms. The van der Waals surface area contributed by atoms with Gasteiger partial charge in [-0.25, -0.2) is 0 Å². The Morgan fingerprint density at radius 1 is 0.789 bits per heavy atom. The average Bonchev–Trinajstić information content (AvgIpc) is 2.49. The molecule has 4 heteroatoms. The van der Waals surface area contributed by atoms with Crippen molar-refractivity contribution in [2.24, 2.45) is 0 Å². The zero-order chi connectivity index (χ0) is 13.1. The number of rotatable bonds is 2. The van der Waals surface area contributed by atoms with Gasteiger partial charge in [-0.05, 0) is 30.3 Å². The van der Waals surface area contributed by atoms with E-state index in [-0.39, 0.29) is 5.56 Å². The third-order valence-electron chi connectivity index (χ3n) is 2.73. The van der Waals surface area contributed by atoms with E-state index in [0.717, 1.165) is 11.4 Å². The molecule has 0 saturated heterocycles. The van der Waals surface area contributed by atoms with E-state index in [2.05, 4.69) is 10.1 Å². The number of benzene rings is 1. The third-order valence-corrected chi connectivity index (χ3v) is 2.73. The molecule has 0 aliphatic carbocycles. The topological polar surface area (TPSA) is 47.8 Å². The molecule has 0 amide bonds. The fraction of sp³-hybridized carbons (Fsp3) is 0. The first-order chi connectivity index (χ1) is 9.34. The van der Waals surface area contributed by atoms with E-state index in [1.165, 1.54) is 10.7 Å². The summed E-state index contributed by atoms with van der Waals surface area (Å²) < 4.78 is 1.38. The van der Waals surface area contributed by atoms with Gasteiger partial charge in [0.2, 0.25) is 0 Å². The van der Waals surface area contributed by atoms with Crippen molar-refractivity contribution in [3.05, 3.63) is 77.2 Å². The quantitative estimate of drug-likeness (QED) is 0.700. The summed E-state index contributed by atoms with van der Waals surface area (Å²) in [4.78, 5) is 16.1. The average molecular weight is 249 g/mol. The van der Waals surface area contributed by atoms with E-state index in [1.807, 2.05) is 48.5 Å². The molecule has 0 unspecified atom stereocenters. The molecular formula is C15H11N3O. The Kier molecular flexibility index (Phi) is 2.90. The normalized spacial score (nSPS) is 10.3. The number of pyridine rings is 1. The minimum Gasteiger partial charge on any atom is -0.267 e. The van der Waals surface area contributed by atoms with Crippen LogP contribution >= 0.6 is 0 Å². The van der Waals surface area contributed by atoms with E-state index >= 15 is 0 Å². The smallest absolute Gasteiger partial charge is 0.267 e. The Balaban J connectivity index is 2.15. The van der Waals surface area contributed by atoms with Crippen molar-refractivity contribution in [3.8, 4) is 17.1 Å². The number of nitrogens with zero attached hydrogens (tertiary/aromatic N) is 3. The van der Waals surface area contributed by atoms with Gasteiger partial charge in [-0.3, -0.25) is 9.78 Å². The summed E-state index contributed by atoms with van der Waals surface area (Å²) in [5, 5.41) is 4.35. The fourth-order valence-corrected chi connectivity index (χ4v) is 1.82. The monoisotopic (exact) mass is 249 g/mol. The molecule has 3 rings (SSSR count). The first-order valence-corrected chi connectivity index (χ1v) is 5.92. The van der Waals surface area contributed by atoms with Crippen LogP contribution in [0.4, 0.5) is 0 Å². The molecule has 0 aliphatic heterocycles. The second kappa shape index (κ2) is 4.86. The van der Waals surface area contributed by atoms with E-state index in [9.17, 15) is 4.79 Å². The predicted molar refractivity (Wildman–Crippen MR) is 73.1 cm³/mol. The Morgan fingerprint density at radius 2 is 1.58 bits per heavy atom. The molecule has 0 saturated carbocycles. The third kappa shape index (κ3) is 2.28. The highest BCUT2D eigenvalue weighted by Gasteiger charge is 2.05. The molecule has 0 radical (unpaired) electrons. The zero-order valence-electron chi connectivity index (χ0n) is 10.1. The molecule has 0 spiro atoms. The van der Waals surface area contributed by atoms with Crippen LogP contribution in [-0.4, -0.2) is 14.8 Å². The van der Waals surface area contributed by atoms with Crippen molar-refractivity contribution in [2.45, 2.75) is 0 Å². The Labute approximate surface area is 110 Å². The summed E-state index contributed by atoms with van der Waals surface area (Å²) in [5.41, 5.74) is 1.99. The van der Waals surface area contributed by atoms with Gasteiger partial charge in [-0.2, -0.15) is 9.78 Å². The molecule has 0 aliphatic rings. The van der Waals surface area contributed by atoms with Gasteiger partial charge < -0.3 is 0 Å². The summed E-state index contributed by atoms with van der Waals surface area (Å²) in [6.45, 7) is 0. The molecule has 0 N–H and O–H groups in total. The van der Waals surface area contributed by atoms with Gasteiger partial charge in [0.15, 0.2) is 0 Å². The highest BCUT2D eigenvalue weighted by atomic mass is 16.1. The highest BCUT2D eigenvalue weighted by Crippen LogP contribution is 2.12. The Hall–Kier alpha value is -2.75. The van der Waals surface area contributed by atoms with Gasteiger partial charge in [0, 0.05) is 12.3 Å². The maximum atomic E-state index is 11.9. The lowest BCUT2D eigenvalue weighted by Gasteiger charge is -2.06. The zero-order valence-corrected chi connectivity index (χ0v) is 10.1. The maximum absolute atomic E-state index is 11.9. The first kappa shape index (κ1) is 11.3. The fourth-order valence-electron chi connectivity index (χ4n) is 1.82. The summed E-state index contributed by atoms with van der Waals surface area (Å²) >= 11 is 0. The molecule has 2 aromatic heterocycles. The lowest BCUT2D eigenvalue weighted by Crippen LogP contribution is -2.20. The van der Waals surface area contributed by atoms with E-state index < -0.39 is 0 Å². The molecule has 0 atom stereocenters. The second-order valence-corrected chi connectivity index (χ2v) is 4.02. The van der Waals surface area contributed by atoms with Crippen LogP contribution in [0.3, 0.4) is 0 Å². The molecule has 3 aromatic rings. The van der Waals surface area contributed by atoms with Gasteiger partial charge in [0.1, 0.15) is 5.69 Å². The van der Waals surface area contributed by atoms with Crippen molar-refractivity contribution in [1.82, 2.24) is 14.8 Å². The number of hydrogen-bond donors (Lipinski definition) is 0. The van der Waals surface area contributed by atoms with Gasteiger partial charge in [0.05, 0.1) is 11.4 Å². The first-order valence-electron chi connectivity index (χ1n) is 5.92. The van der Waals surface area contributed by atoms with Gasteiger partial charge in [-0.15, -0.1) is 0 Å². The van der Waals surface area contributed by atoms with E-state index in [4.69, 9.17) is 0 Å². The molecule has 0 fully saturated rings. The van der Waals surface area contributed by atoms with Gasteiger partial charge in [-0.1, -0.05) is 24.3 Å². The van der Waals surface area contributed by atoms with Crippen LogP contribution in [0.15, 0.2) is 71.7 Å². The van der Waals surface area contributed by atoms with E-state index in [1.54, 1.807) is 12.3 Å². The minimum absolute atomic E-state index is 0.161. The Bertz CT molecular complexity index is 736. The van der Waals surface area contributed by atoms with Crippen LogP contribution in [0.1, 0.15) is 0 Å². The van der Waals surface area contributed by atoms with Crippen LogP contribution in [-0.2, 0) is 0 Å². The van der Waals surface area contributed by atoms with Crippen LogP contribution in [0, 0.1) is 0 Å². The van der Waals surface area contributed by atoms with Crippen LogP contribution in [0.25, 0.3) is 17.1 Å². The predicted octanol–water partition coefficient (Wildman–Crippen LogP) is 2.29. The van der Waals surface area contributed by atoms with Crippen molar-refractivity contribution < 1.29 is 0 Å². The summed E-state index contributed by atoms with van der Waals surface area (Å²) in [6.07, 6.45) is 1.70. The van der Waals surface area contributed by atoms with Crippen LogP contribution < -0.4 is 5.56 Å². The van der Waals surface area contributed by atoms with Crippen LogP contribution in [0.5, 0.6) is 0 Å². The highest BCUT2D eigenvalue weighted by molar-refractivity contribution is 5.52. The molecular weight excluding hydrogens is 238 g/mol. The SMILES string of the molecule is O=c1ccc(-c2ccccn2)nn1-c1ccccc1. The summed E-state index contributed by atoms with van der Waals surface area (Å²) in [6, 6.07) is 18.1. The van der Waals surface area contributed by atoms with Gasteiger partial charge >= 0.3 is 0 Å². The minimum atomic E-state index is -0.161. The molecule has 4 nitrogen and oxygen atoms in total. The largest absolute Gasteiger partial charge is 0.271 e. The number of hydrogen-bond acceptors (Lipinski definition) is 3. The lowest BCUT2D eigenvalue weighted by molar-refractivity contribution is 0.810. The Morgan fingerprint density at radius 3 is 2.32 bits per heavy atom. The maximum Gasteiger partial charge on any atom is 0.271 e. The summed E-state index contributed by atoms with van der Waals surface area (Å²) in [5.74, 6) is 0. The van der Waals surface area contributed by atoms with Gasteiger partial charge in [0.25, 0.3) is 5.56 Å². The number of aromatic nitrogens is 3. The standard InChI is InChI=1S/C15H11N3O/c19-15-10-9-14(13-8-4-5-11-16-13)17-18(15)12-6-2-1-3-7-12/h1-11H.